The number of benzene rings is 2. The lowest BCUT2D eigenvalue weighted by Crippen LogP contribution is -2.19. The molecule has 1 aliphatic rings. The number of anilines is 2. The van der Waals surface area contributed by atoms with E-state index >= 15 is 0 Å². The molecule has 0 amide bonds. The number of rotatable bonds is 4. The number of halogens is 3. The zero-order chi connectivity index (χ0) is 17.3. The highest BCUT2D eigenvalue weighted by Crippen LogP contribution is 2.27. The van der Waals surface area contributed by atoms with E-state index < -0.39 is 32.4 Å². The molecule has 1 heterocycles. The van der Waals surface area contributed by atoms with Gasteiger partial charge in [0.2, 0.25) is 0 Å². The van der Waals surface area contributed by atoms with Crippen molar-refractivity contribution in [1.82, 2.24) is 0 Å². The summed E-state index contributed by atoms with van der Waals surface area (Å²) >= 11 is 0. The van der Waals surface area contributed by atoms with Crippen LogP contribution in [0.25, 0.3) is 0 Å². The molecular formula is C16H15F3N2O2S. The summed E-state index contributed by atoms with van der Waals surface area (Å²) in [5, 5.41) is 0. The molecule has 0 atom stereocenters. The van der Waals surface area contributed by atoms with Crippen molar-refractivity contribution >= 4 is 21.4 Å². The van der Waals surface area contributed by atoms with Crippen molar-refractivity contribution in [2.75, 3.05) is 22.7 Å². The van der Waals surface area contributed by atoms with E-state index in [-0.39, 0.29) is 5.69 Å². The monoisotopic (exact) mass is 356 g/mol. The number of hydrogen-bond donors (Lipinski definition) is 1. The molecule has 128 valence electrons. The maximum atomic E-state index is 14.2. The molecule has 0 unspecified atom stereocenters. The molecule has 3 rings (SSSR count). The zero-order valence-corrected chi connectivity index (χ0v) is 13.4. The van der Waals surface area contributed by atoms with Crippen LogP contribution in [0.3, 0.4) is 0 Å². The van der Waals surface area contributed by atoms with Crippen molar-refractivity contribution in [2.24, 2.45) is 0 Å². The lowest BCUT2D eigenvalue weighted by molar-refractivity contribution is 0.568. The number of hydrogen-bond acceptors (Lipinski definition) is 3. The third-order valence-corrected chi connectivity index (χ3v) is 5.15. The van der Waals surface area contributed by atoms with Crippen LogP contribution in [-0.2, 0) is 10.0 Å². The molecule has 0 aliphatic carbocycles. The average Bonchev–Trinajstić information content (AvgIpc) is 3.00. The molecule has 2 aromatic carbocycles. The Hall–Kier alpha value is -2.22. The maximum absolute atomic E-state index is 14.2. The third kappa shape index (κ3) is 3.48. The molecule has 24 heavy (non-hydrogen) atoms. The van der Waals surface area contributed by atoms with Gasteiger partial charge in [-0.3, -0.25) is 4.72 Å². The SMILES string of the molecule is O=S(=O)(Nc1ccc(N2CCCC2)c(F)c1)c1cc(F)cc(F)c1. The van der Waals surface area contributed by atoms with E-state index in [9.17, 15) is 21.6 Å². The van der Waals surface area contributed by atoms with Crippen molar-refractivity contribution < 1.29 is 21.6 Å². The largest absolute Gasteiger partial charge is 0.369 e. The molecule has 1 saturated heterocycles. The number of nitrogens with one attached hydrogen (secondary N) is 1. The second-order valence-electron chi connectivity index (χ2n) is 5.57. The van der Waals surface area contributed by atoms with Crippen molar-refractivity contribution in [2.45, 2.75) is 17.7 Å². The quantitative estimate of drug-likeness (QED) is 0.912. The highest BCUT2D eigenvalue weighted by atomic mass is 32.2. The Morgan fingerprint density at radius 2 is 1.54 bits per heavy atom. The van der Waals surface area contributed by atoms with Gasteiger partial charge in [0.1, 0.15) is 17.5 Å². The van der Waals surface area contributed by atoms with E-state index in [1.807, 2.05) is 4.90 Å². The van der Waals surface area contributed by atoms with E-state index in [0.29, 0.717) is 23.9 Å². The minimum Gasteiger partial charge on any atom is -0.369 e. The topological polar surface area (TPSA) is 49.4 Å². The van der Waals surface area contributed by atoms with Crippen LogP contribution >= 0.6 is 0 Å². The fourth-order valence-corrected chi connectivity index (χ4v) is 3.77. The zero-order valence-electron chi connectivity index (χ0n) is 12.6. The smallest absolute Gasteiger partial charge is 0.262 e. The highest BCUT2D eigenvalue weighted by Gasteiger charge is 2.19. The second kappa shape index (κ2) is 6.35. The first-order chi connectivity index (χ1) is 11.3. The second-order valence-corrected chi connectivity index (χ2v) is 7.25. The van der Waals surface area contributed by atoms with Gasteiger partial charge in [0.15, 0.2) is 0 Å². The van der Waals surface area contributed by atoms with Gasteiger partial charge < -0.3 is 4.90 Å². The Bertz CT molecular complexity index is 845. The standard InChI is InChI=1S/C16H15F3N2O2S/c17-11-7-12(18)9-14(8-11)24(22,23)20-13-3-4-16(15(19)10-13)21-5-1-2-6-21/h3-4,7-10,20H,1-2,5-6H2. The summed E-state index contributed by atoms with van der Waals surface area (Å²) in [7, 11) is -4.22. The van der Waals surface area contributed by atoms with E-state index in [0.717, 1.165) is 32.0 Å². The molecule has 8 heteroatoms. The summed E-state index contributed by atoms with van der Waals surface area (Å²) in [5.74, 6) is -2.57. The van der Waals surface area contributed by atoms with Gasteiger partial charge in [-0.15, -0.1) is 0 Å². The van der Waals surface area contributed by atoms with Crippen LogP contribution in [0.2, 0.25) is 0 Å². The minimum atomic E-state index is -4.22. The van der Waals surface area contributed by atoms with Crippen LogP contribution in [0, 0.1) is 17.5 Å². The van der Waals surface area contributed by atoms with E-state index in [2.05, 4.69) is 4.72 Å². The minimum absolute atomic E-state index is 0.0138. The average molecular weight is 356 g/mol. The Balaban J connectivity index is 1.86. The summed E-state index contributed by atoms with van der Waals surface area (Å²) in [6.45, 7) is 1.51. The first-order valence-electron chi connectivity index (χ1n) is 7.38. The molecule has 0 saturated carbocycles. The summed E-state index contributed by atoms with van der Waals surface area (Å²) in [6.07, 6.45) is 1.97. The van der Waals surface area contributed by atoms with Crippen LogP contribution in [-0.4, -0.2) is 21.5 Å². The molecule has 0 radical (unpaired) electrons. The molecule has 1 aliphatic heterocycles. The first-order valence-corrected chi connectivity index (χ1v) is 8.87. The van der Waals surface area contributed by atoms with Gasteiger partial charge in [-0.1, -0.05) is 0 Å². The lowest BCUT2D eigenvalue weighted by Gasteiger charge is -2.19. The molecule has 4 nitrogen and oxygen atoms in total. The Morgan fingerprint density at radius 1 is 0.917 bits per heavy atom. The van der Waals surface area contributed by atoms with Gasteiger partial charge in [0.25, 0.3) is 10.0 Å². The van der Waals surface area contributed by atoms with Gasteiger partial charge in [-0.25, -0.2) is 21.6 Å². The van der Waals surface area contributed by atoms with Crippen molar-refractivity contribution in [3.8, 4) is 0 Å². The lowest BCUT2D eigenvalue weighted by atomic mass is 10.2. The van der Waals surface area contributed by atoms with Crippen LogP contribution in [0.15, 0.2) is 41.3 Å². The van der Waals surface area contributed by atoms with E-state index in [1.165, 1.54) is 12.1 Å². The summed E-state index contributed by atoms with van der Waals surface area (Å²) in [6, 6.07) is 5.93. The fraction of sp³-hybridized carbons (Fsp3) is 0.250. The molecular weight excluding hydrogens is 341 g/mol. The van der Waals surface area contributed by atoms with Gasteiger partial charge in [-0.2, -0.15) is 0 Å². The predicted octanol–water partition coefficient (Wildman–Crippen LogP) is 3.50. The van der Waals surface area contributed by atoms with Crippen LogP contribution < -0.4 is 9.62 Å². The van der Waals surface area contributed by atoms with Gasteiger partial charge in [0, 0.05) is 25.2 Å². The molecule has 1 fully saturated rings. The van der Waals surface area contributed by atoms with Gasteiger partial charge in [0.05, 0.1) is 16.3 Å². The summed E-state index contributed by atoms with van der Waals surface area (Å²) in [4.78, 5) is 1.32. The number of nitrogens with zero attached hydrogens (tertiary/aromatic N) is 1. The van der Waals surface area contributed by atoms with E-state index in [1.54, 1.807) is 0 Å². The van der Waals surface area contributed by atoms with Crippen molar-refractivity contribution in [3.63, 3.8) is 0 Å². The highest BCUT2D eigenvalue weighted by molar-refractivity contribution is 7.92. The predicted molar refractivity (Wildman–Crippen MR) is 85.0 cm³/mol. The summed E-state index contributed by atoms with van der Waals surface area (Å²) in [5.41, 5.74) is 0.396. The molecule has 0 bridgehead atoms. The Labute approximate surface area is 138 Å². The normalized spacial score (nSPS) is 14.9. The van der Waals surface area contributed by atoms with Gasteiger partial charge >= 0.3 is 0 Å². The summed E-state index contributed by atoms with van der Waals surface area (Å²) < 4.78 is 67.1. The van der Waals surface area contributed by atoms with Crippen molar-refractivity contribution in [1.29, 1.82) is 0 Å². The molecule has 1 N–H and O–H groups in total. The number of sulfonamides is 1. The first kappa shape index (κ1) is 16.6. The fourth-order valence-electron chi connectivity index (χ4n) is 2.68. The molecule has 0 aromatic heterocycles. The maximum Gasteiger partial charge on any atom is 0.262 e. The van der Waals surface area contributed by atoms with Crippen molar-refractivity contribution in [3.05, 3.63) is 53.8 Å². The van der Waals surface area contributed by atoms with Crippen LogP contribution in [0.5, 0.6) is 0 Å². The molecule has 2 aromatic rings. The Kier molecular flexibility index (Phi) is 4.40. The van der Waals surface area contributed by atoms with Crippen LogP contribution in [0.1, 0.15) is 12.8 Å². The molecule has 0 spiro atoms. The third-order valence-electron chi connectivity index (χ3n) is 3.79. The Morgan fingerprint density at radius 3 is 2.12 bits per heavy atom. The van der Waals surface area contributed by atoms with E-state index in [4.69, 9.17) is 0 Å². The van der Waals surface area contributed by atoms with Gasteiger partial charge in [-0.05, 0) is 37.1 Å². The van der Waals surface area contributed by atoms with Crippen LogP contribution in [0.4, 0.5) is 24.5 Å².